The first kappa shape index (κ1) is 22.8. The third-order valence-corrected chi connectivity index (χ3v) is 8.47. The molecule has 11 nitrogen and oxygen atoms in total. The molecule has 5 heterocycles. The molecule has 4 aliphatic rings. The van der Waals surface area contributed by atoms with E-state index in [0.29, 0.717) is 36.6 Å². The van der Waals surface area contributed by atoms with Crippen LogP contribution in [0.5, 0.6) is 0 Å². The number of nitrogens with one attached hydrogen (secondary N) is 1. The number of aromatic nitrogens is 5. The number of rotatable bonds is 7. The first-order chi connectivity index (χ1) is 17.9. The van der Waals surface area contributed by atoms with Gasteiger partial charge in [-0.25, -0.2) is 9.97 Å². The van der Waals surface area contributed by atoms with E-state index < -0.39 is 5.60 Å². The van der Waals surface area contributed by atoms with Crippen LogP contribution in [0.2, 0.25) is 0 Å². The summed E-state index contributed by atoms with van der Waals surface area (Å²) in [5.41, 5.74) is 1.36. The van der Waals surface area contributed by atoms with Crippen molar-refractivity contribution in [3.05, 3.63) is 29.7 Å². The monoisotopic (exact) mass is 519 g/mol. The number of amides is 1. The van der Waals surface area contributed by atoms with Crippen LogP contribution < -0.4 is 15.1 Å². The van der Waals surface area contributed by atoms with Crippen LogP contribution in [0.4, 0.5) is 17.2 Å². The van der Waals surface area contributed by atoms with Crippen LogP contribution in [0.3, 0.4) is 0 Å². The van der Waals surface area contributed by atoms with E-state index in [4.69, 9.17) is 4.99 Å². The van der Waals surface area contributed by atoms with Gasteiger partial charge >= 0.3 is 0 Å². The number of anilines is 3. The zero-order chi connectivity index (χ0) is 25.3. The van der Waals surface area contributed by atoms with Crippen LogP contribution in [0.15, 0.2) is 29.0 Å². The molecule has 37 heavy (non-hydrogen) atoms. The third kappa shape index (κ3) is 4.17. The second kappa shape index (κ2) is 8.32. The predicted molar refractivity (Wildman–Crippen MR) is 141 cm³/mol. The highest BCUT2D eigenvalue weighted by Crippen LogP contribution is 2.43. The Labute approximate surface area is 218 Å². The predicted octanol–water partition coefficient (Wildman–Crippen LogP) is 2.97. The summed E-state index contributed by atoms with van der Waals surface area (Å²) in [5, 5.41) is 24.0. The smallest absolute Gasteiger partial charge is 0.275 e. The topological polar surface area (TPSA) is 125 Å². The highest BCUT2D eigenvalue weighted by atomic mass is 32.1. The molecule has 3 aromatic rings. The van der Waals surface area contributed by atoms with Crippen LogP contribution in [-0.4, -0.2) is 72.9 Å². The maximum absolute atomic E-state index is 13.2. The van der Waals surface area contributed by atoms with Gasteiger partial charge in [0.15, 0.2) is 10.8 Å². The molecular formula is C25H29N9O2S. The number of thiazole rings is 1. The molecule has 1 amide bonds. The minimum Gasteiger partial charge on any atom is -0.386 e. The van der Waals surface area contributed by atoms with Gasteiger partial charge in [-0.15, -0.1) is 21.5 Å². The minimum absolute atomic E-state index is 0.191. The Kier molecular flexibility index (Phi) is 5.12. The molecular weight excluding hydrogens is 490 g/mol. The van der Waals surface area contributed by atoms with Crippen molar-refractivity contribution < 1.29 is 9.90 Å². The second-order valence-electron chi connectivity index (χ2n) is 10.9. The van der Waals surface area contributed by atoms with E-state index in [1.165, 1.54) is 24.2 Å². The lowest BCUT2D eigenvalue weighted by atomic mass is 9.95. The van der Waals surface area contributed by atoms with E-state index in [-0.39, 0.29) is 18.0 Å². The molecule has 0 spiro atoms. The molecule has 3 aromatic heterocycles. The molecule has 2 aliphatic heterocycles. The molecule has 0 radical (unpaired) electrons. The Bertz CT molecular complexity index is 1380. The average molecular weight is 520 g/mol. The maximum Gasteiger partial charge on any atom is 0.275 e. The van der Waals surface area contributed by atoms with Gasteiger partial charge in [0, 0.05) is 24.5 Å². The van der Waals surface area contributed by atoms with Gasteiger partial charge in [-0.2, -0.15) is 0 Å². The number of carbonyl (C=O) groups is 1. The molecule has 2 atom stereocenters. The van der Waals surface area contributed by atoms with Crippen molar-refractivity contribution >= 4 is 40.8 Å². The fraction of sp³-hybridized carbons (Fsp3) is 0.520. The Morgan fingerprint density at radius 3 is 2.76 bits per heavy atom. The highest BCUT2D eigenvalue weighted by Gasteiger charge is 2.42. The third-order valence-electron chi connectivity index (χ3n) is 7.63. The van der Waals surface area contributed by atoms with Gasteiger partial charge in [0.1, 0.15) is 17.8 Å². The SMILES string of the molecule is CC1C(C2CC2)N=CN1c1cc(C(=O)Nc2csc(-c3nncn3C3CC3)n2)ncc1N1CC(C)(O)C1. The van der Waals surface area contributed by atoms with Crippen LogP contribution in [-0.2, 0) is 0 Å². The summed E-state index contributed by atoms with van der Waals surface area (Å²) in [7, 11) is 0. The van der Waals surface area contributed by atoms with Gasteiger partial charge in [0.05, 0.1) is 41.6 Å². The van der Waals surface area contributed by atoms with E-state index in [9.17, 15) is 9.90 Å². The normalized spacial score (nSPS) is 24.4. The van der Waals surface area contributed by atoms with Crippen molar-refractivity contribution in [1.29, 1.82) is 0 Å². The quantitative estimate of drug-likeness (QED) is 0.488. The Balaban J connectivity index is 1.14. The van der Waals surface area contributed by atoms with Gasteiger partial charge in [0.25, 0.3) is 5.91 Å². The lowest BCUT2D eigenvalue weighted by molar-refractivity contribution is 0.0310. The van der Waals surface area contributed by atoms with Gasteiger partial charge < -0.3 is 24.8 Å². The molecule has 2 saturated carbocycles. The van der Waals surface area contributed by atoms with Crippen LogP contribution in [0, 0.1) is 5.92 Å². The summed E-state index contributed by atoms with van der Waals surface area (Å²) in [6.45, 7) is 5.05. The zero-order valence-corrected chi connectivity index (χ0v) is 21.6. The summed E-state index contributed by atoms with van der Waals surface area (Å²) < 4.78 is 2.05. The van der Waals surface area contributed by atoms with E-state index in [1.807, 2.05) is 24.7 Å². The molecule has 3 fully saturated rings. The molecule has 12 heteroatoms. The molecule has 192 valence electrons. The fourth-order valence-corrected chi connectivity index (χ4v) is 6.10. The van der Waals surface area contributed by atoms with Crippen molar-refractivity contribution in [3.8, 4) is 10.8 Å². The van der Waals surface area contributed by atoms with Crippen LogP contribution in [0.25, 0.3) is 10.8 Å². The molecule has 2 unspecified atom stereocenters. The number of aliphatic imine (C=N–C) groups is 1. The molecule has 0 aromatic carbocycles. The van der Waals surface area contributed by atoms with Crippen molar-refractivity contribution in [2.45, 2.75) is 63.3 Å². The number of hydrogen-bond acceptors (Lipinski definition) is 10. The summed E-state index contributed by atoms with van der Waals surface area (Å²) in [4.78, 5) is 31.4. The number of β-amino-alcohol motifs (C(OH)–C–C–N with tert-alkyl or cyclic N) is 1. The van der Waals surface area contributed by atoms with E-state index in [2.05, 4.69) is 46.8 Å². The summed E-state index contributed by atoms with van der Waals surface area (Å²) in [6.07, 6.45) is 10.1. The standard InChI is InChI=1S/C25H29N9O2S/c1-14-21(15-3-4-15)27-12-33(14)18-7-17(26-8-19(18)32-10-25(2,36)11-32)23(35)29-20-9-37-24(30-20)22-31-28-13-34(22)16-5-6-16/h7-9,12-16,21,36H,3-6,10-11H2,1-2H3,(H,29,35). The first-order valence-corrected chi connectivity index (χ1v) is 13.7. The van der Waals surface area contributed by atoms with Gasteiger partial charge in [0.2, 0.25) is 0 Å². The lowest BCUT2D eigenvalue weighted by Crippen LogP contribution is -2.60. The number of nitrogens with zero attached hydrogens (tertiary/aromatic N) is 8. The molecule has 0 bridgehead atoms. The molecule has 2 aliphatic carbocycles. The summed E-state index contributed by atoms with van der Waals surface area (Å²) >= 11 is 1.43. The molecule has 7 rings (SSSR count). The van der Waals surface area contributed by atoms with Crippen molar-refractivity contribution in [1.82, 2.24) is 24.7 Å². The minimum atomic E-state index is -0.722. The highest BCUT2D eigenvalue weighted by molar-refractivity contribution is 7.13. The number of hydrogen-bond donors (Lipinski definition) is 2. The second-order valence-corrected chi connectivity index (χ2v) is 11.8. The number of aliphatic hydroxyl groups is 1. The van der Waals surface area contributed by atoms with Crippen LogP contribution >= 0.6 is 11.3 Å². The molecule has 2 N–H and O–H groups in total. The largest absolute Gasteiger partial charge is 0.386 e. The maximum atomic E-state index is 13.2. The summed E-state index contributed by atoms with van der Waals surface area (Å²) in [5.74, 6) is 1.51. The average Bonchev–Trinajstić information content (AvgIpc) is 3.76. The lowest BCUT2D eigenvalue weighted by Gasteiger charge is -2.46. The van der Waals surface area contributed by atoms with Crippen LogP contribution in [0.1, 0.15) is 56.1 Å². The Hall–Kier alpha value is -3.38. The van der Waals surface area contributed by atoms with Gasteiger partial charge in [-0.1, -0.05) is 0 Å². The Morgan fingerprint density at radius 1 is 1.22 bits per heavy atom. The molecule has 1 saturated heterocycles. The van der Waals surface area contributed by atoms with Gasteiger partial charge in [-0.05, 0) is 51.5 Å². The van der Waals surface area contributed by atoms with E-state index in [1.54, 1.807) is 12.5 Å². The van der Waals surface area contributed by atoms with Crippen molar-refractivity contribution in [2.75, 3.05) is 28.2 Å². The van der Waals surface area contributed by atoms with Crippen molar-refractivity contribution in [2.24, 2.45) is 10.9 Å². The fourth-order valence-electron chi connectivity index (χ4n) is 5.37. The summed E-state index contributed by atoms with van der Waals surface area (Å²) in [6, 6.07) is 2.73. The van der Waals surface area contributed by atoms with Crippen molar-refractivity contribution in [3.63, 3.8) is 0 Å². The number of pyridine rings is 1. The number of carbonyl (C=O) groups excluding carboxylic acids is 1. The first-order valence-electron chi connectivity index (χ1n) is 12.8. The Morgan fingerprint density at radius 2 is 2.03 bits per heavy atom. The zero-order valence-electron chi connectivity index (χ0n) is 20.8. The van der Waals surface area contributed by atoms with Gasteiger partial charge in [-0.3, -0.25) is 9.79 Å². The van der Waals surface area contributed by atoms with E-state index in [0.717, 1.165) is 35.0 Å². The van der Waals surface area contributed by atoms with E-state index >= 15 is 0 Å².